The average Bonchev–Trinajstić information content (AvgIpc) is 2.46. The van der Waals surface area contributed by atoms with Crippen LogP contribution in [0.5, 0.6) is 0 Å². The summed E-state index contributed by atoms with van der Waals surface area (Å²) < 4.78 is 0. The lowest BCUT2D eigenvalue weighted by Crippen LogP contribution is -2.35. The molecule has 0 bridgehead atoms. The molecule has 0 fully saturated rings. The van der Waals surface area contributed by atoms with Gasteiger partial charge >= 0.3 is 0 Å². The van der Waals surface area contributed by atoms with Crippen molar-refractivity contribution in [2.45, 2.75) is 65.5 Å². The lowest BCUT2D eigenvalue weighted by molar-refractivity contribution is 0.194. The van der Waals surface area contributed by atoms with Crippen molar-refractivity contribution in [1.29, 1.82) is 0 Å². The highest BCUT2D eigenvalue weighted by molar-refractivity contribution is 5.28. The van der Waals surface area contributed by atoms with Gasteiger partial charge in [-0.1, -0.05) is 44.5 Å². The molecule has 0 aliphatic carbocycles. The Morgan fingerprint density at radius 2 is 1.85 bits per heavy atom. The van der Waals surface area contributed by atoms with Crippen molar-refractivity contribution in [2.75, 3.05) is 13.1 Å². The summed E-state index contributed by atoms with van der Waals surface area (Å²) in [6.07, 6.45) is 4.79. The fourth-order valence-electron chi connectivity index (χ4n) is 2.64. The Morgan fingerprint density at radius 3 is 2.45 bits per heavy atom. The highest BCUT2D eigenvalue weighted by atomic mass is 15.1. The summed E-state index contributed by atoms with van der Waals surface area (Å²) in [5.74, 6) is 0. The Kier molecular flexibility index (Phi) is 7.86. The minimum absolute atomic E-state index is 0.157. The first-order valence-electron chi connectivity index (χ1n) is 8.15. The maximum atomic E-state index is 6.39. The highest BCUT2D eigenvalue weighted by Crippen LogP contribution is 2.19. The molecule has 1 aromatic carbocycles. The number of nitrogens with zero attached hydrogens (tertiary/aromatic N) is 1. The van der Waals surface area contributed by atoms with Gasteiger partial charge in [-0.2, -0.15) is 0 Å². The largest absolute Gasteiger partial charge is 0.324 e. The van der Waals surface area contributed by atoms with Crippen molar-refractivity contribution < 1.29 is 0 Å². The van der Waals surface area contributed by atoms with Gasteiger partial charge in [-0.3, -0.25) is 0 Å². The predicted molar refractivity (Wildman–Crippen MR) is 89.0 cm³/mol. The average molecular weight is 276 g/mol. The SMILES string of the molecule is CCCCN(CCC(N)c1ccccc1C)C(C)CC. The summed E-state index contributed by atoms with van der Waals surface area (Å²) in [5.41, 5.74) is 8.99. The van der Waals surface area contributed by atoms with Gasteiger partial charge in [-0.25, -0.2) is 0 Å². The van der Waals surface area contributed by atoms with E-state index in [9.17, 15) is 0 Å². The van der Waals surface area contributed by atoms with Crippen molar-refractivity contribution >= 4 is 0 Å². The molecule has 0 aliphatic heterocycles. The van der Waals surface area contributed by atoms with Crippen molar-refractivity contribution in [2.24, 2.45) is 5.73 Å². The van der Waals surface area contributed by atoms with Crippen molar-refractivity contribution in [3.8, 4) is 0 Å². The van der Waals surface area contributed by atoms with E-state index in [1.54, 1.807) is 0 Å². The van der Waals surface area contributed by atoms with E-state index in [0.717, 1.165) is 13.0 Å². The van der Waals surface area contributed by atoms with Crippen LogP contribution in [0.1, 0.15) is 63.6 Å². The smallest absolute Gasteiger partial charge is 0.0309 e. The lowest BCUT2D eigenvalue weighted by atomic mass is 9.99. The molecule has 1 rings (SSSR count). The Bertz CT molecular complexity index is 375. The van der Waals surface area contributed by atoms with Crippen LogP contribution in [0.2, 0.25) is 0 Å². The number of hydrogen-bond acceptors (Lipinski definition) is 2. The fourth-order valence-corrected chi connectivity index (χ4v) is 2.64. The van der Waals surface area contributed by atoms with Gasteiger partial charge in [0.1, 0.15) is 0 Å². The first-order chi connectivity index (χ1) is 9.60. The molecule has 0 aromatic heterocycles. The molecule has 0 radical (unpaired) electrons. The van der Waals surface area contributed by atoms with Gasteiger partial charge in [-0.05, 0) is 50.8 Å². The summed E-state index contributed by atoms with van der Waals surface area (Å²) >= 11 is 0. The van der Waals surface area contributed by atoms with E-state index in [-0.39, 0.29) is 6.04 Å². The molecule has 2 unspecified atom stereocenters. The summed E-state index contributed by atoms with van der Waals surface area (Å²) in [6.45, 7) is 11.3. The van der Waals surface area contributed by atoms with Gasteiger partial charge < -0.3 is 10.6 Å². The minimum Gasteiger partial charge on any atom is -0.324 e. The molecule has 114 valence electrons. The van der Waals surface area contributed by atoms with Gasteiger partial charge in [0, 0.05) is 18.6 Å². The normalized spacial score (nSPS) is 14.5. The van der Waals surface area contributed by atoms with E-state index in [1.807, 2.05) is 0 Å². The maximum Gasteiger partial charge on any atom is 0.0309 e. The van der Waals surface area contributed by atoms with Gasteiger partial charge in [0.25, 0.3) is 0 Å². The molecule has 2 nitrogen and oxygen atoms in total. The van der Waals surface area contributed by atoms with Crippen LogP contribution in [0.4, 0.5) is 0 Å². The van der Waals surface area contributed by atoms with Gasteiger partial charge in [0.2, 0.25) is 0 Å². The Morgan fingerprint density at radius 1 is 1.15 bits per heavy atom. The fraction of sp³-hybridized carbons (Fsp3) is 0.667. The van der Waals surface area contributed by atoms with E-state index in [0.29, 0.717) is 6.04 Å². The van der Waals surface area contributed by atoms with Crippen LogP contribution in [-0.4, -0.2) is 24.0 Å². The number of hydrogen-bond donors (Lipinski definition) is 1. The monoisotopic (exact) mass is 276 g/mol. The van der Waals surface area contributed by atoms with Gasteiger partial charge in [-0.15, -0.1) is 0 Å². The molecule has 2 N–H and O–H groups in total. The molecule has 0 aliphatic rings. The molecule has 2 atom stereocenters. The van der Waals surface area contributed by atoms with Crippen molar-refractivity contribution in [3.63, 3.8) is 0 Å². The standard InChI is InChI=1S/C18H32N2/c1-5-7-13-20(16(4)6-2)14-12-18(19)17-11-9-8-10-15(17)3/h8-11,16,18H,5-7,12-14,19H2,1-4H3. The quantitative estimate of drug-likeness (QED) is 0.729. The molecule has 0 heterocycles. The van der Waals surface area contributed by atoms with Crippen LogP contribution in [0.3, 0.4) is 0 Å². The summed E-state index contributed by atoms with van der Waals surface area (Å²) in [4.78, 5) is 2.60. The zero-order chi connectivity index (χ0) is 15.0. The van der Waals surface area contributed by atoms with E-state index < -0.39 is 0 Å². The van der Waals surface area contributed by atoms with E-state index in [4.69, 9.17) is 5.73 Å². The van der Waals surface area contributed by atoms with Crippen LogP contribution in [0.25, 0.3) is 0 Å². The third kappa shape index (κ3) is 5.26. The predicted octanol–water partition coefficient (Wildman–Crippen LogP) is 4.29. The van der Waals surface area contributed by atoms with Crippen LogP contribution in [-0.2, 0) is 0 Å². The zero-order valence-electron chi connectivity index (χ0n) is 13.7. The highest BCUT2D eigenvalue weighted by Gasteiger charge is 2.14. The summed E-state index contributed by atoms with van der Waals surface area (Å²) in [7, 11) is 0. The molecule has 0 spiro atoms. The molecular weight excluding hydrogens is 244 g/mol. The number of benzene rings is 1. The van der Waals surface area contributed by atoms with E-state index in [1.165, 1.54) is 36.9 Å². The number of nitrogens with two attached hydrogens (primary N) is 1. The van der Waals surface area contributed by atoms with Crippen molar-refractivity contribution in [1.82, 2.24) is 4.90 Å². The molecule has 20 heavy (non-hydrogen) atoms. The first-order valence-corrected chi connectivity index (χ1v) is 8.15. The van der Waals surface area contributed by atoms with Crippen LogP contribution in [0.15, 0.2) is 24.3 Å². The van der Waals surface area contributed by atoms with E-state index in [2.05, 4.69) is 56.9 Å². The van der Waals surface area contributed by atoms with Crippen molar-refractivity contribution in [3.05, 3.63) is 35.4 Å². The molecule has 2 heteroatoms. The second kappa shape index (κ2) is 9.15. The molecule has 0 saturated carbocycles. The number of rotatable bonds is 9. The zero-order valence-corrected chi connectivity index (χ0v) is 13.7. The van der Waals surface area contributed by atoms with Gasteiger partial charge in [0.15, 0.2) is 0 Å². The third-order valence-electron chi connectivity index (χ3n) is 4.33. The molecule has 0 saturated heterocycles. The first kappa shape index (κ1) is 17.2. The number of aryl methyl sites for hydroxylation is 1. The van der Waals surface area contributed by atoms with Gasteiger partial charge in [0.05, 0.1) is 0 Å². The number of unbranched alkanes of at least 4 members (excludes halogenated alkanes) is 1. The molecule has 0 amide bonds. The van der Waals surface area contributed by atoms with E-state index >= 15 is 0 Å². The second-order valence-corrected chi connectivity index (χ2v) is 5.90. The Labute approximate surface area is 125 Å². The lowest BCUT2D eigenvalue weighted by Gasteiger charge is -2.29. The van der Waals surface area contributed by atoms with Crippen LogP contribution < -0.4 is 5.73 Å². The summed E-state index contributed by atoms with van der Waals surface area (Å²) in [6, 6.07) is 9.30. The maximum absolute atomic E-state index is 6.39. The molecule has 1 aromatic rings. The third-order valence-corrected chi connectivity index (χ3v) is 4.33. The Hall–Kier alpha value is -0.860. The van der Waals surface area contributed by atoms with Crippen LogP contribution in [0, 0.1) is 6.92 Å². The second-order valence-electron chi connectivity index (χ2n) is 5.90. The minimum atomic E-state index is 0.157. The Balaban J connectivity index is 2.55. The molecular formula is C18H32N2. The summed E-state index contributed by atoms with van der Waals surface area (Å²) in [5, 5.41) is 0. The topological polar surface area (TPSA) is 29.3 Å². The van der Waals surface area contributed by atoms with Crippen LogP contribution >= 0.6 is 0 Å².